The van der Waals surface area contributed by atoms with Crippen molar-refractivity contribution in [1.29, 1.82) is 0 Å². The van der Waals surface area contributed by atoms with E-state index in [1.165, 1.54) is 124 Å². The first-order chi connectivity index (χ1) is 14.4. The minimum Gasteiger partial charge on any atom is -0.354 e. The SMILES string of the molecule is CCCCCCCCCCCCCCCCc1cccc2c1[nH]c1ccccc12. The Labute approximate surface area is 178 Å². The molecule has 0 unspecified atom stereocenters. The van der Waals surface area contributed by atoms with E-state index >= 15 is 0 Å². The number of hydrogen-bond acceptors (Lipinski definition) is 0. The largest absolute Gasteiger partial charge is 0.354 e. The summed E-state index contributed by atoms with van der Waals surface area (Å²) in [5.41, 5.74) is 4.09. The van der Waals surface area contributed by atoms with Crippen molar-refractivity contribution < 1.29 is 0 Å². The van der Waals surface area contributed by atoms with Gasteiger partial charge < -0.3 is 4.98 Å². The minimum absolute atomic E-state index is 1.20. The highest BCUT2D eigenvalue weighted by molar-refractivity contribution is 6.08. The third kappa shape index (κ3) is 6.91. The van der Waals surface area contributed by atoms with Gasteiger partial charge in [0.15, 0.2) is 0 Å². The standard InChI is InChI=1S/C28H41N/c1-2-3-4-5-6-7-8-9-10-11-12-13-14-15-19-24-20-18-22-26-25-21-16-17-23-27(25)29-28(24)26/h16-18,20-23,29H,2-15,19H2,1H3. The monoisotopic (exact) mass is 391 g/mol. The summed E-state index contributed by atoms with van der Waals surface area (Å²) in [6.07, 6.45) is 21.1. The molecule has 0 saturated carbocycles. The average Bonchev–Trinajstić information content (AvgIpc) is 3.13. The summed E-state index contributed by atoms with van der Waals surface area (Å²) in [5, 5.41) is 2.73. The summed E-state index contributed by atoms with van der Waals surface area (Å²) in [6, 6.07) is 15.4. The lowest BCUT2D eigenvalue weighted by molar-refractivity contribution is 0.535. The molecular formula is C28H41N. The van der Waals surface area contributed by atoms with E-state index in [0.717, 1.165) is 0 Å². The van der Waals surface area contributed by atoms with Gasteiger partial charge in [0.25, 0.3) is 0 Å². The first kappa shape index (κ1) is 21.9. The van der Waals surface area contributed by atoms with E-state index in [9.17, 15) is 0 Å². The Bertz CT molecular complexity index is 829. The van der Waals surface area contributed by atoms with Gasteiger partial charge in [-0.2, -0.15) is 0 Å². The molecular weight excluding hydrogens is 350 g/mol. The van der Waals surface area contributed by atoms with Crippen molar-refractivity contribution in [2.45, 2.75) is 103 Å². The minimum atomic E-state index is 1.20. The summed E-state index contributed by atoms with van der Waals surface area (Å²) in [4.78, 5) is 3.65. The Hall–Kier alpha value is -1.76. The highest BCUT2D eigenvalue weighted by atomic mass is 14.7. The Balaban J connectivity index is 1.25. The van der Waals surface area contributed by atoms with Gasteiger partial charge in [0.05, 0.1) is 0 Å². The second-order valence-electron chi connectivity index (χ2n) is 8.86. The fraction of sp³-hybridized carbons (Fsp3) is 0.571. The summed E-state index contributed by atoms with van der Waals surface area (Å²) in [7, 11) is 0. The molecule has 0 spiro atoms. The van der Waals surface area contributed by atoms with E-state index in [4.69, 9.17) is 0 Å². The molecule has 1 heterocycles. The maximum absolute atomic E-state index is 3.65. The number of aryl methyl sites for hydroxylation is 1. The van der Waals surface area contributed by atoms with E-state index in [1.54, 1.807) is 0 Å². The predicted octanol–water partition coefficient (Wildman–Crippen LogP) is 9.34. The first-order valence-corrected chi connectivity index (χ1v) is 12.4. The van der Waals surface area contributed by atoms with E-state index in [2.05, 4.69) is 54.4 Å². The maximum atomic E-state index is 3.65. The van der Waals surface area contributed by atoms with Gasteiger partial charge in [-0.05, 0) is 24.5 Å². The van der Waals surface area contributed by atoms with Crippen LogP contribution in [0.5, 0.6) is 0 Å². The lowest BCUT2D eigenvalue weighted by atomic mass is 10.0. The van der Waals surface area contributed by atoms with Gasteiger partial charge in [0.2, 0.25) is 0 Å². The van der Waals surface area contributed by atoms with Gasteiger partial charge >= 0.3 is 0 Å². The number of H-pyrrole nitrogens is 1. The van der Waals surface area contributed by atoms with Crippen LogP contribution < -0.4 is 0 Å². The normalized spacial score (nSPS) is 11.6. The number of aromatic amines is 1. The molecule has 0 radical (unpaired) electrons. The molecule has 3 aromatic rings. The molecule has 0 bridgehead atoms. The lowest BCUT2D eigenvalue weighted by Crippen LogP contribution is -1.88. The molecule has 0 fully saturated rings. The van der Waals surface area contributed by atoms with Crippen molar-refractivity contribution in [2.75, 3.05) is 0 Å². The fourth-order valence-electron chi connectivity index (χ4n) is 4.65. The van der Waals surface area contributed by atoms with Crippen molar-refractivity contribution in [3.63, 3.8) is 0 Å². The summed E-state index contributed by atoms with van der Waals surface area (Å²) < 4.78 is 0. The highest BCUT2D eigenvalue weighted by Gasteiger charge is 2.07. The molecule has 0 aliphatic heterocycles. The molecule has 0 saturated heterocycles. The van der Waals surface area contributed by atoms with E-state index in [-0.39, 0.29) is 0 Å². The molecule has 0 aliphatic carbocycles. The van der Waals surface area contributed by atoms with Crippen molar-refractivity contribution >= 4 is 21.8 Å². The molecule has 158 valence electrons. The first-order valence-electron chi connectivity index (χ1n) is 12.4. The number of benzene rings is 2. The second kappa shape index (κ2) is 12.7. The Morgan fingerprint density at radius 2 is 1.10 bits per heavy atom. The number of aromatic nitrogens is 1. The summed E-state index contributed by atoms with van der Waals surface area (Å²) in [5.74, 6) is 0. The van der Waals surface area contributed by atoms with Crippen LogP contribution in [0.25, 0.3) is 21.8 Å². The van der Waals surface area contributed by atoms with Crippen LogP contribution >= 0.6 is 0 Å². The zero-order valence-electron chi connectivity index (χ0n) is 18.6. The van der Waals surface area contributed by atoms with Crippen molar-refractivity contribution in [2.24, 2.45) is 0 Å². The van der Waals surface area contributed by atoms with Gasteiger partial charge in [0, 0.05) is 21.8 Å². The molecule has 1 aromatic heterocycles. The fourth-order valence-corrected chi connectivity index (χ4v) is 4.65. The van der Waals surface area contributed by atoms with Gasteiger partial charge in [-0.15, -0.1) is 0 Å². The van der Waals surface area contributed by atoms with Gasteiger partial charge in [0.1, 0.15) is 0 Å². The molecule has 3 rings (SSSR count). The quantitative estimate of drug-likeness (QED) is 0.248. The van der Waals surface area contributed by atoms with Crippen LogP contribution in [0.4, 0.5) is 0 Å². The van der Waals surface area contributed by atoms with Crippen LogP contribution in [-0.4, -0.2) is 4.98 Å². The van der Waals surface area contributed by atoms with Crippen molar-refractivity contribution in [1.82, 2.24) is 4.98 Å². The summed E-state index contributed by atoms with van der Waals surface area (Å²) >= 11 is 0. The number of para-hydroxylation sites is 2. The average molecular weight is 392 g/mol. The Morgan fingerprint density at radius 3 is 1.76 bits per heavy atom. The van der Waals surface area contributed by atoms with Crippen LogP contribution in [0.2, 0.25) is 0 Å². The molecule has 2 aromatic carbocycles. The predicted molar refractivity (Wildman–Crippen MR) is 130 cm³/mol. The third-order valence-corrected chi connectivity index (χ3v) is 6.43. The summed E-state index contributed by atoms with van der Waals surface area (Å²) in [6.45, 7) is 2.30. The van der Waals surface area contributed by atoms with Crippen LogP contribution in [0, 0.1) is 0 Å². The van der Waals surface area contributed by atoms with Gasteiger partial charge in [-0.3, -0.25) is 0 Å². The molecule has 1 heteroatoms. The number of nitrogens with one attached hydrogen (secondary N) is 1. The van der Waals surface area contributed by atoms with Crippen molar-refractivity contribution in [3.05, 3.63) is 48.0 Å². The Kier molecular flexibility index (Phi) is 9.63. The third-order valence-electron chi connectivity index (χ3n) is 6.43. The van der Waals surface area contributed by atoms with Crippen LogP contribution in [-0.2, 0) is 6.42 Å². The highest BCUT2D eigenvalue weighted by Crippen LogP contribution is 2.28. The molecule has 29 heavy (non-hydrogen) atoms. The lowest BCUT2D eigenvalue weighted by Gasteiger charge is -2.05. The van der Waals surface area contributed by atoms with Gasteiger partial charge in [-0.25, -0.2) is 0 Å². The number of unbranched alkanes of at least 4 members (excludes halogenated alkanes) is 13. The Morgan fingerprint density at radius 1 is 0.552 bits per heavy atom. The van der Waals surface area contributed by atoms with Gasteiger partial charge in [-0.1, -0.05) is 127 Å². The zero-order valence-corrected chi connectivity index (χ0v) is 18.6. The number of rotatable bonds is 15. The topological polar surface area (TPSA) is 15.8 Å². The van der Waals surface area contributed by atoms with Crippen LogP contribution in [0.15, 0.2) is 42.5 Å². The molecule has 1 nitrogen and oxygen atoms in total. The molecule has 0 amide bonds. The van der Waals surface area contributed by atoms with E-state index in [0.29, 0.717) is 0 Å². The zero-order chi connectivity index (χ0) is 20.2. The second-order valence-corrected chi connectivity index (χ2v) is 8.86. The van der Waals surface area contributed by atoms with E-state index in [1.807, 2.05) is 0 Å². The molecule has 0 aliphatic rings. The maximum Gasteiger partial charge on any atom is 0.0497 e. The molecule has 1 N–H and O–H groups in total. The number of hydrogen-bond donors (Lipinski definition) is 1. The van der Waals surface area contributed by atoms with E-state index < -0.39 is 0 Å². The smallest absolute Gasteiger partial charge is 0.0497 e. The molecule has 0 atom stereocenters. The van der Waals surface area contributed by atoms with Crippen LogP contribution in [0.3, 0.4) is 0 Å². The number of fused-ring (bicyclic) bond motifs is 3. The van der Waals surface area contributed by atoms with Crippen molar-refractivity contribution in [3.8, 4) is 0 Å². The van der Waals surface area contributed by atoms with Crippen LogP contribution in [0.1, 0.15) is 102 Å².